The molecule has 0 spiro atoms. The highest BCUT2D eigenvalue weighted by molar-refractivity contribution is 5.80. The molecule has 0 aliphatic rings. The lowest BCUT2D eigenvalue weighted by atomic mass is 10.1. The van der Waals surface area contributed by atoms with Crippen molar-refractivity contribution in [3.63, 3.8) is 0 Å². The molecule has 1 aromatic heterocycles. The number of benzene rings is 1. The third kappa shape index (κ3) is 4.00. The molecule has 7 heteroatoms. The van der Waals surface area contributed by atoms with Crippen molar-refractivity contribution in [1.82, 2.24) is 15.1 Å². The molecule has 2 rings (SSSR count). The number of carbonyl (C=O) groups is 2. The third-order valence-corrected chi connectivity index (χ3v) is 2.67. The quantitative estimate of drug-likeness (QED) is 0.813. The maximum Gasteiger partial charge on any atom is 0.322 e. The van der Waals surface area contributed by atoms with Crippen molar-refractivity contribution in [2.75, 3.05) is 6.54 Å². The Morgan fingerprint density at radius 3 is 2.52 bits per heavy atom. The van der Waals surface area contributed by atoms with Crippen molar-refractivity contribution in [3.05, 3.63) is 52.8 Å². The van der Waals surface area contributed by atoms with Crippen LogP contribution >= 0.6 is 0 Å². The molecule has 2 aromatic rings. The molecule has 0 atom stereocenters. The molecule has 0 aliphatic carbocycles. The van der Waals surface area contributed by atoms with Crippen molar-refractivity contribution in [2.45, 2.75) is 6.54 Å². The standard InChI is InChI=1S/C14H13N3O4/c18-12(15-8-14(20)21)9-17-13(19)7-6-11(16-17)10-4-2-1-3-5-10/h1-7H,8-9H2,(H,15,18)(H,20,21). The Balaban J connectivity index is 2.18. The lowest BCUT2D eigenvalue weighted by Crippen LogP contribution is -2.36. The number of aliphatic carboxylic acids is 1. The fourth-order valence-electron chi connectivity index (χ4n) is 1.69. The highest BCUT2D eigenvalue weighted by Gasteiger charge is 2.08. The molecule has 21 heavy (non-hydrogen) atoms. The van der Waals surface area contributed by atoms with Crippen LogP contribution in [0.2, 0.25) is 0 Å². The second kappa shape index (κ2) is 6.47. The van der Waals surface area contributed by atoms with E-state index in [1.807, 2.05) is 30.3 Å². The Bertz CT molecular complexity index is 710. The minimum atomic E-state index is -1.15. The number of carboxylic acids is 1. The summed E-state index contributed by atoms with van der Waals surface area (Å²) in [6, 6.07) is 12.1. The van der Waals surface area contributed by atoms with Crippen molar-refractivity contribution >= 4 is 11.9 Å². The van der Waals surface area contributed by atoms with Crippen molar-refractivity contribution < 1.29 is 14.7 Å². The van der Waals surface area contributed by atoms with Gasteiger partial charge in [-0.15, -0.1) is 0 Å². The lowest BCUT2D eigenvalue weighted by Gasteiger charge is -2.07. The molecule has 0 fully saturated rings. The highest BCUT2D eigenvalue weighted by Crippen LogP contribution is 2.13. The SMILES string of the molecule is O=C(O)CNC(=O)Cn1nc(-c2ccccc2)ccc1=O. The predicted molar refractivity (Wildman–Crippen MR) is 74.6 cm³/mol. The Morgan fingerprint density at radius 1 is 1.14 bits per heavy atom. The number of nitrogens with zero attached hydrogens (tertiary/aromatic N) is 2. The Hall–Kier alpha value is -2.96. The van der Waals surface area contributed by atoms with E-state index in [9.17, 15) is 14.4 Å². The maximum atomic E-state index is 11.7. The molecule has 0 bridgehead atoms. The summed E-state index contributed by atoms with van der Waals surface area (Å²) in [6.45, 7) is -0.821. The number of nitrogens with one attached hydrogen (secondary N) is 1. The summed E-state index contributed by atoms with van der Waals surface area (Å²) >= 11 is 0. The van der Waals surface area contributed by atoms with Gasteiger partial charge < -0.3 is 10.4 Å². The van der Waals surface area contributed by atoms with Crippen LogP contribution in [0.25, 0.3) is 11.3 Å². The van der Waals surface area contributed by atoms with E-state index in [2.05, 4.69) is 10.4 Å². The molecule has 108 valence electrons. The van der Waals surface area contributed by atoms with Crippen molar-refractivity contribution in [1.29, 1.82) is 0 Å². The van der Waals surface area contributed by atoms with Gasteiger partial charge in [-0.3, -0.25) is 14.4 Å². The van der Waals surface area contributed by atoms with Crippen LogP contribution in [-0.2, 0) is 16.1 Å². The van der Waals surface area contributed by atoms with Crippen LogP contribution in [0, 0.1) is 0 Å². The van der Waals surface area contributed by atoms with E-state index in [0.29, 0.717) is 5.69 Å². The zero-order chi connectivity index (χ0) is 15.2. The summed E-state index contributed by atoms with van der Waals surface area (Å²) in [7, 11) is 0. The first-order valence-corrected chi connectivity index (χ1v) is 6.18. The number of hydrogen-bond donors (Lipinski definition) is 2. The van der Waals surface area contributed by atoms with Gasteiger partial charge >= 0.3 is 5.97 Å². The third-order valence-electron chi connectivity index (χ3n) is 2.67. The smallest absolute Gasteiger partial charge is 0.322 e. The minimum absolute atomic E-state index is 0.327. The van der Waals surface area contributed by atoms with Gasteiger partial charge in [-0.1, -0.05) is 30.3 Å². The van der Waals surface area contributed by atoms with Crippen LogP contribution in [0.3, 0.4) is 0 Å². The van der Waals surface area contributed by atoms with E-state index < -0.39 is 24.0 Å². The van der Waals surface area contributed by atoms with Crippen LogP contribution in [-0.4, -0.2) is 33.3 Å². The van der Waals surface area contributed by atoms with Gasteiger partial charge in [0.1, 0.15) is 13.1 Å². The number of amides is 1. The first-order chi connectivity index (χ1) is 10.1. The second-order valence-corrected chi connectivity index (χ2v) is 4.25. The molecule has 0 saturated heterocycles. The van der Waals surface area contributed by atoms with E-state index in [1.54, 1.807) is 6.07 Å². The van der Waals surface area contributed by atoms with Crippen LogP contribution in [0.4, 0.5) is 0 Å². The minimum Gasteiger partial charge on any atom is -0.480 e. The summed E-state index contributed by atoms with van der Waals surface area (Å²) in [4.78, 5) is 33.6. The maximum absolute atomic E-state index is 11.7. The number of rotatable bonds is 5. The van der Waals surface area contributed by atoms with E-state index >= 15 is 0 Å². The molecular weight excluding hydrogens is 274 g/mol. The zero-order valence-electron chi connectivity index (χ0n) is 11.0. The normalized spacial score (nSPS) is 10.1. The van der Waals surface area contributed by atoms with Gasteiger partial charge in [0.15, 0.2) is 0 Å². The van der Waals surface area contributed by atoms with E-state index in [1.165, 1.54) is 6.07 Å². The predicted octanol–water partition coefficient (Wildman–Crippen LogP) is 0.111. The van der Waals surface area contributed by atoms with E-state index in [4.69, 9.17) is 5.11 Å². The topological polar surface area (TPSA) is 101 Å². The first-order valence-electron chi connectivity index (χ1n) is 6.18. The number of aromatic nitrogens is 2. The highest BCUT2D eigenvalue weighted by atomic mass is 16.4. The van der Waals surface area contributed by atoms with Crippen LogP contribution in [0.1, 0.15) is 0 Å². The van der Waals surface area contributed by atoms with Crippen molar-refractivity contribution in [3.8, 4) is 11.3 Å². The van der Waals surface area contributed by atoms with Gasteiger partial charge in [0.2, 0.25) is 5.91 Å². The summed E-state index contributed by atoms with van der Waals surface area (Å²) < 4.78 is 1.000. The van der Waals surface area contributed by atoms with Gasteiger partial charge in [0, 0.05) is 11.6 Å². The molecule has 0 radical (unpaired) electrons. The summed E-state index contributed by atoms with van der Waals surface area (Å²) in [6.07, 6.45) is 0. The molecule has 0 unspecified atom stereocenters. The molecule has 0 aliphatic heterocycles. The van der Waals surface area contributed by atoms with Gasteiger partial charge in [-0.25, -0.2) is 4.68 Å². The largest absolute Gasteiger partial charge is 0.480 e. The summed E-state index contributed by atoms with van der Waals surface area (Å²) in [5, 5.41) is 14.8. The lowest BCUT2D eigenvalue weighted by molar-refractivity contribution is -0.138. The summed E-state index contributed by atoms with van der Waals surface area (Å²) in [5.74, 6) is -1.74. The van der Waals surface area contributed by atoms with Gasteiger partial charge in [0.05, 0.1) is 5.69 Å². The van der Waals surface area contributed by atoms with Crippen LogP contribution < -0.4 is 10.9 Å². The zero-order valence-corrected chi connectivity index (χ0v) is 11.0. The van der Waals surface area contributed by atoms with Crippen molar-refractivity contribution in [2.24, 2.45) is 0 Å². The Labute approximate surface area is 119 Å². The fraction of sp³-hybridized carbons (Fsp3) is 0.143. The molecule has 1 aromatic carbocycles. The molecule has 1 heterocycles. The molecule has 7 nitrogen and oxygen atoms in total. The Morgan fingerprint density at radius 2 is 1.86 bits per heavy atom. The molecule has 2 N–H and O–H groups in total. The van der Waals surface area contributed by atoms with Gasteiger partial charge in [-0.2, -0.15) is 5.10 Å². The molecule has 1 amide bonds. The summed E-state index contributed by atoms with van der Waals surface area (Å²) in [5.41, 5.74) is 0.943. The number of carbonyl (C=O) groups excluding carboxylic acids is 1. The van der Waals surface area contributed by atoms with E-state index in [-0.39, 0.29) is 6.54 Å². The number of hydrogen-bond acceptors (Lipinski definition) is 4. The molecule has 0 saturated carbocycles. The first kappa shape index (κ1) is 14.4. The molecular formula is C14H13N3O4. The van der Waals surface area contributed by atoms with Crippen LogP contribution in [0.5, 0.6) is 0 Å². The average Bonchev–Trinajstić information content (AvgIpc) is 2.48. The second-order valence-electron chi connectivity index (χ2n) is 4.25. The van der Waals surface area contributed by atoms with Gasteiger partial charge in [0.25, 0.3) is 5.56 Å². The number of carboxylic acid groups (broad SMARTS) is 1. The Kier molecular flexibility index (Phi) is 4.45. The average molecular weight is 287 g/mol. The fourth-order valence-corrected chi connectivity index (χ4v) is 1.69. The monoisotopic (exact) mass is 287 g/mol. The van der Waals surface area contributed by atoms with Crippen LogP contribution in [0.15, 0.2) is 47.3 Å². The van der Waals surface area contributed by atoms with Gasteiger partial charge in [-0.05, 0) is 6.07 Å². The van der Waals surface area contributed by atoms with E-state index in [0.717, 1.165) is 10.2 Å².